The van der Waals surface area contributed by atoms with E-state index in [1.165, 1.54) is 0 Å². The Kier molecular flexibility index (Phi) is 5.84. The highest BCUT2D eigenvalue weighted by atomic mass is 79.9. The molecule has 20 heavy (non-hydrogen) atoms. The summed E-state index contributed by atoms with van der Waals surface area (Å²) < 4.78 is 0.750. The summed E-state index contributed by atoms with van der Waals surface area (Å²) in [6, 6.07) is 6.06. The van der Waals surface area contributed by atoms with E-state index in [4.69, 9.17) is 0 Å². The second-order valence-electron chi connectivity index (χ2n) is 5.30. The standard InChI is InChI=1S/C15H23BrN2O2/c1-2-13(11-19)18-8-6-17(7-9-18)10-12-4-3-5-14(16)15(12)20/h3-5,13,19-20H,2,6-11H2,1H3. The van der Waals surface area contributed by atoms with Gasteiger partial charge in [-0.3, -0.25) is 9.80 Å². The minimum absolute atomic E-state index is 0.239. The number of phenols is 1. The van der Waals surface area contributed by atoms with Crippen LogP contribution in [0.1, 0.15) is 18.9 Å². The normalized spacial score (nSPS) is 19.1. The minimum Gasteiger partial charge on any atom is -0.506 e. The van der Waals surface area contributed by atoms with Crippen molar-refractivity contribution in [2.24, 2.45) is 0 Å². The van der Waals surface area contributed by atoms with Gasteiger partial charge >= 0.3 is 0 Å². The average molecular weight is 343 g/mol. The summed E-state index contributed by atoms with van der Waals surface area (Å²) in [5.41, 5.74) is 0.960. The number of hydrogen-bond acceptors (Lipinski definition) is 4. The van der Waals surface area contributed by atoms with E-state index in [1.54, 1.807) is 0 Å². The molecule has 112 valence electrons. The molecule has 1 aliphatic rings. The Morgan fingerprint density at radius 2 is 1.95 bits per heavy atom. The van der Waals surface area contributed by atoms with Gasteiger partial charge in [0.15, 0.2) is 0 Å². The van der Waals surface area contributed by atoms with Gasteiger partial charge in [0.05, 0.1) is 11.1 Å². The molecule has 1 atom stereocenters. The number of rotatable bonds is 5. The van der Waals surface area contributed by atoms with E-state index in [2.05, 4.69) is 32.7 Å². The van der Waals surface area contributed by atoms with Gasteiger partial charge in [0.1, 0.15) is 5.75 Å². The van der Waals surface area contributed by atoms with Crippen LogP contribution in [0.25, 0.3) is 0 Å². The van der Waals surface area contributed by atoms with Crippen molar-refractivity contribution in [2.45, 2.75) is 25.9 Å². The summed E-state index contributed by atoms with van der Waals surface area (Å²) in [7, 11) is 0. The fourth-order valence-electron chi connectivity index (χ4n) is 2.72. The van der Waals surface area contributed by atoms with Gasteiger partial charge in [-0.2, -0.15) is 0 Å². The van der Waals surface area contributed by atoms with Crippen LogP contribution in [0.4, 0.5) is 0 Å². The van der Waals surface area contributed by atoms with Crippen molar-refractivity contribution < 1.29 is 10.2 Å². The first kappa shape index (κ1) is 15.8. The summed E-state index contributed by atoms with van der Waals surface area (Å²) in [6.45, 7) is 7.04. The second-order valence-corrected chi connectivity index (χ2v) is 6.16. The molecule has 0 aliphatic carbocycles. The van der Waals surface area contributed by atoms with Crippen LogP contribution in [0, 0.1) is 0 Å². The van der Waals surface area contributed by atoms with E-state index in [-0.39, 0.29) is 12.6 Å². The van der Waals surface area contributed by atoms with Crippen molar-refractivity contribution in [1.82, 2.24) is 9.80 Å². The zero-order chi connectivity index (χ0) is 14.5. The van der Waals surface area contributed by atoms with Gasteiger partial charge in [-0.05, 0) is 28.4 Å². The third kappa shape index (κ3) is 3.73. The molecule has 5 heteroatoms. The lowest BCUT2D eigenvalue weighted by Crippen LogP contribution is -2.50. The molecular formula is C15H23BrN2O2. The number of benzene rings is 1. The van der Waals surface area contributed by atoms with Gasteiger partial charge in [0, 0.05) is 44.3 Å². The van der Waals surface area contributed by atoms with Crippen LogP contribution in [0.5, 0.6) is 5.75 Å². The van der Waals surface area contributed by atoms with Crippen LogP contribution in [0.3, 0.4) is 0 Å². The number of nitrogens with zero attached hydrogens (tertiary/aromatic N) is 2. The molecule has 4 nitrogen and oxygen atoms in total. The van der Waals surface area contributed by atoms with Gasteiger partial charge in [-0.25, -0.2) is 0 Å². The van der Waals surface area contributed by atoms with Gasteiger partial charge in [-0.15, -0.1) is 0 Å². The summed E-state index contributed by atoms with van der Waals surface area (Å²) in [6.07, 6.45) is 0.989. The monoisotopic (exact) mass is 342 g/mol. The summed E-state index contributed by atoms with van der Waals surface area (Å²) in [4.78, 5) is 4.71. The van der Waals surface area contributed by atoms with Crippen LogP contribution in [-0.2, 0) is 6.54 Å². The first-order valence-electron chi connectivity index (χ1n) is 7.19. The summed E-state index contributed by atoms with van der Waals surface area (Å²) >= 11 is 3.35. The van der Waals surface area contributed by atoms with E-state index >= 15 is 0 Å². The predicted molar refractivity (Wildman–Crippen MR) is 83.8 cm³/mol. The first-order valence-corrected chi connectivity index (χ1v) is 7.98. The van der Waals surface area contributed by atoms with Gasteiger partial charge in [-0.1, -0.05) is 19.1 Å². The minimum atomic E-state index is 0.239. The number of piperazine rings is 1. The lowest BCUT2D eigenvalue weighted by Gasteiger charge is -2.38. The highest BCUT2D eigenvalue weighted by molar-refractivity contribution is 9.10. The number of hydrogen-bond donors (Lipinski definition) is 2. The lowest BCUT2D eigenvalue weighted by molar-refractivity contribution is 0.0605. The Labute approximate surface area is 129 Å². The number of aliphatic hydroxyl groups is 1. The Balaban J connectivity index is 1.90. The molecule has 0 spiro atoms. The van der Waals surface area contributed by atoms with Crippen LogP contribution < -0.4 is 0 Å². The molecule has 0 bridgehead atoms. The van der Waals surface area contributed by atoms with E-state index in [0.717, 1.165) is 49.2 Å². The van der Waals surface area contributed by atoms with E-state index in [1.807, 2.05) is 18.2 Å². The van der Waals surface area contributed by atoms with Crippen LogP contribution in [0.2, 0.25) is 0 Å². The molecule has 2 rings (SSSR count). The Morgan fingerprint density at radius 3 is 2.55 bits per heavy atom. The predicted octanol–water partition coefficient (Wildman–Crippen LogP) is 2.04. The van der Waals surface area contributed by atoms with E-state index in [0.29, 0.717) is 5.75 Å². The molecule has 1 aromatic carbocycles. The first-order chi connectivity index (χ1) is 9.65. The van der Waals surface area contributed by atoms with Gasteiger partial charge < -0.3 is 10.2 Å². The fraction of sp³-hybridized carbons (Fsp3) is 0.600. The van der Waals surface area contributed by atoms with Crippen molar-refractivity contribution in [3.63, 3.8) is 0 Å². The molecule has 0 saturated carbocycles. The quantitative estimate of drug-likeness (QED) is 0.859. The van der Waals surface area contributed by atoms with Crippen molar-refractivity contribution in [3.8, 4) is 5.75 Å². The number of phenolic OH excluding ortho intramolecular Hbond substituents is 1. The number of aromatic hydroxyl groups is 1. The Bertz CT molecular complexity index is 430. The lowest BCUT2D eigenvalue weighted by atomic mass is 10.1. The summed E-state index contributed by atoms with van der Waals surface area (Å²) in [5, 5.41) is 19.4. The Morgan fingerprint density at radius 1 is 1.25 bits per heavy atom. The average Bonchev–Trinajstić information content (AvgIpc) is 2.47. The topological polar surface area (TPSA) is 46.9 Å². The SMILES string of the molecule is CCC(CO)N1CCN(Cc2cccc(Br)c2O)CC1. The maximum atomic E-state index is 10.0. The molecule has 0 amide bonds. The maximum absolute atomic E-state index is 10.0. The molecule has 1 aliphatic heterocycles. The van der Waals surface area contributed by atoms with Crippen molar-refractivity contribution in [2.75, 3.05) is 32.8 Å². The molecule has 1 aromatic rings. The largest absolute Gasteiger partial charge is 0.506 e. The van der Waals surface area contributed by atoms with E-state index < -0.39 is 0 Å². The maximum Gasteiger partial charge on any atom is 0.134 e. The summed E-state index contributed by atoms with van der Waals surface area (Å²) in [5.74, 6) is 0.344. The molecule has 0 aromatic heterocycles. The van der Waals surface area contributed by atoms with Gasteiger partial charge in [0.25, 0.3) is 0 Å². The van der Waals surface area contributed by atoms with Crippen LogP contribution in [-0.4, -0.2) is 58.8 Å². The van der Waals surface area contributed by atoms with Crippen molar-refractivity contribution >= 4 is 15.9 Å². The van der Waals surface area contributed by atoms with Gasteiger partial charge in [0.2, 0.25) is 0 Å². The second kappa shape index (κ2) is 7.41. The van der Waals surface area contributed by atoms with Crippen LogP contribution in [0.15, 0.2) is 22.7 Å². The van der Waals surface area contributed by atoms with Crippen LogP contribution >= 0.6 is 15.9 Å². The molecule has 1 saturated heterocycles. The molecule has 2 N–H and O–H groups in total. The molecule has 0 radical (unpaired) electrons. The third-order valence-corrected chi connectivity index (χ3v) is 4.71. The zero-order valence-electron chi connectivity index (χ0n) is 11.9. The van der Waals surface area contributed by atoms with E-state index in [9.17, 15) is 10.2 Å². The number of aliphatic hydroxyl groups excluding tert-OH is 1. The highest BCUT2D eigenvalue weighted by Gasteiger charge is 2.22. The number of halogens is 1. The Hall–Kier alpha value is -0.620. The highest BCUT2D eigenvalue weighted by Crippen LogP contribution is 2.28. The molecule has 1 fully saturated rings. The van der Waals surface area contributed by atoms with Crippen molar-refractivity contribution in [1.29, 1.82) is 0 Å². The molecule has 1 unspecified atom stereocenters. The zero-order valence-corrected chi connectivity index (χ0v) is 13.5. The molecular weight excluding hydrogens is 320 g/mol. The van der Waals surface area contributed by atoms with Crippen molar-refractivity contribution in [3.05, 3.63) is 28.2 Å². The smallest absolute Gasteiger partial charge is 0.134 e. The number of para-hydroxylation sites is 1. The third-order valence-electron chi connectivity index (χ3n) is 4.07. The molecule has 1 heterocycles. The fourth-order valence-corrected chi connectivity index (χ4v) is 3.13.